The third-order valence-corrected chi connectivity index (χ3v) is 7.06. The van der Waals surface area contributed by atoms with Crippen molar-refractivity contribution in [2.24, 2.45) is 5.92 Å². The minimum absolute atomic E-state index is 0.0446. The molecule has 2 fully saturated rings. The molecule has 1 aromatic carbocycles. The van der Waals surface area contributed by atoms with Crippen LogP contribution in [0, 0.1) is 12.8 Å². The van der Waals surface area contributed by atoms with Crippen LogP contribution >= 0.6 is 26.6 Å². The van der Waals surface area contributed by atoms with Crippen LogP contribution in [0.4, 0.5) is 0 Å². The Balaban J connectivity index is 1.99. The number of rotatable bonds is 2. The Kier molecular flexibility index (Phi) is 3.83. The number of halogens is 2. The van der Waals surface area contributed by atoms with Crippen molar-refractivity contribution in [2.75, 3.05) is 6.54 Å². The maximum absolute atomic E-state index is 12.7. The molecule has 7 heteroatoms. The zero-order valence-electron chi connectivity index (χ0n) is 11.5. The Morgan fingerprint density at radius 1 is 1.38 bits per heavy atom. The molecule has 4 nitrogen and oxygen atoms in total. The van der Waals surface area contributed by atoms with Crippen LogP contribution in [0.1, 0.15) is 35.2 Å². The number of carbonyl (C=O) groups is 1. The normalized spacial score (nSPS) is 24.6. The predicted molar refractivity (Wildman–Crippen MR) is 84.1 cm³/mol. The second-order valence-corrected chi connectivity index (χ2v) is 9.16. The average molecular weight is 393 g/mol. The highest BCUT2D eigenvalue weighted by Crippen LogP contribution is 2.38. The van der Waals surface area contributed by atoms with Crippen molar-refractivity contribution in [3.05, 3.63) is 27.7 Å². The van der Waals surface area contributed by atoms with E-state index >= 15 is 0 Å². The Morgan fingerprint density at radius 3 is 2.62 bits per heavy atom. The molecule has 1 saturated heterocycles. The number of amides is 1. The fourth-order valence-electron chi connectivity index (χ4n) is 3.38. The molecule has 1 heterocycles. The molecule has 2 unspecified atom stereocenters. The lowest BCUT2D eigenvalue weighted by atomic mass is 10.1. The lowest BCUT2D eigenvalue weighted by Gasteiger charge is -2.27. The lowest BCUT2D eigenvalue weighted by molar-refractivity contribution is 0.0703. The van der Waals surface area contributed by atoms with E-state index in [0.29, 0.717) is 27.6 Å². The third-order valence-electron chi connectivity index (χ3n) is 4.40. The van der Waals surface area contributed by atoms with Crippen molar-refractivity contribution in [1.29, 1.82) is 0 Å². The minimum Gasteiger partial charge on any atom is -0.335 e. The topological polar surface area (TPSA) is 54.5 Å². The number of likely N-dealkylation sites (tertiary alicyclic amines) is 1. The number of hydrogen-bond donors (Lipinski definition) is 0. The summed E-state index contributed by atoms with van der Waals surface area (Å²) in [7, 11) is 1.56. The molecule has 2 atom stereocenters. The molecule has 21 heavy (non-hydrogen) atoms. The van der Waals surface area contributed by atoms with Gasteiger partial charge in [0.2, 0.25) is 0 Å². The summed E-state index contributed by atoms with van der Waals surface area (Å²) in [5.74, 6) is 0.506. The summed E-state index contributed by atoms with van der Waals surface area (Å²) in [6, 6.07) is 3.39. The van der Waals surface area contributed by atoms with Crippen molar-refractivity contribution in [1.82, 2.24) is 4.90 Å². The van der Waals surface area contributed by atoms with E-state index in [1.165, 1.54) is 12.5 Å². The van der Waals surface area contributed by atoms with Gasteiger partial charge in [-0.05, 0) is 65.7 Å². The van der Waals surface area contributed by atoms with Crippen LogP contribution in [0.25, 0.3) is 0 Å². The second-order valence-electron chi connectivity index (χ2n) is 5.83. The maximum Gasteiger partial charge on any atom is 0.262 e. The Bertz CT molecular complexity index is 719. The van der Waals surface area contributed by atoms with Crippen LogP contribution in [0.2, 0.25) is 0 Å². The third kappa shape index (κ3) is 2.73. The first-order valence-electron chi connectivity index (χ1n) is 6.83. The van der Waals surface area contributed by atoms with E-state index in [0.717, 1.165) is 19.4 Å². The molecule has 1 amide bonds. The number of nitrogens with zero attached hydrogens (tertiary/aromatic N) is 1. The van der Waals surface area contributed by atoms with Gasteiger partial charge in [-0.15, -0.1) is 0 Å². The van der Waals surface area contributed by atoms with Crippen LogP contribution < -0.4 is 0 Å². The fourth-order valence-corrected chi connectivity index (χ4v) is 5.53. The first-order valence-corrected chi connectivity index (χ1v) is 9.93. The highest BCUT2D eigenvalue weighted by molar-refractivity contribution is 9.10. The van der Waals surface area contributed by atoms with Gasteiger partial charge in [0, 0.05) is 33.3 Å². The van der Waals surface area contributed by atoms with E-state index in [1.807, 2.05) is 4.90 Å². The van der Waals surface area contributed by atoms with Crippen molar-refractivity contribution >= 4 is 41.6 Å². The zero-order chi connectivity index (χ0) is 15.4. The van der Waals surface area contributed by atoms with Gasteiger partial charge in [-0.3, -0.25) is 4.79 Å². The van der Waals surface area contributed by atoms with E-state index in [1.54, 1.807) is 13.0 Å². The van der Waals surface area contributed by atoms with E-state index in [9.17, 15) is 13.2 Å². The maximum atomic E-state index is 12.7. The summed E-state index contributed by atoms with van der Waals surface area (Å²) < 4.78 is 23.7. The molecule has 0 spiro atoms. The van der Waals surface area contributed by atoms with Crippen LogP contribution in [-0.4, -0.2) is 31.8 Å². The van der Waals surface area contributed by atoms with Gasteiger partial charge in [-0.1, -0.05) is 0 Å². The molecule has 1 aliphatic carbocycles. The zero-order valence-corrected chi connectivity index (χ0v) is 14.6. The van der Waals surface area contributed by atoms with Gasteiger partial charge < -0.3 is 4.90 Å². The summed E-state index contributed by atoms with van der Waals surface area (Å²) in [5.41, 5.74) is 1.08. The molecule has 1 aromatic rings. The van der Waals surface area contributed by atoms with Crippen molar-refractivity contribution in [3.8, 4) is 0 Å². The van der Waals surface area contributed by atoms with E-state index in [2.05, 4.69) is 15.9 Å². The van der Waals surface area contributed by atoms with Crippen molar-refractivity contribution in [2.45, 2.75) is 37.1 Å². The molecule has 0 N–H and O–H groups in total. The van der Waals surface area contributed by atoms with Gasteiger partial charge in [0.1, 0.15) is 0 Å². The molecule has 1 saturated carbocycles. The monoisotopic (exact) mass is 391 g/mol. The highest BCUT2D eigenvalue weighted by Gasteiger charge is 2.40. The Hall–Kier alpha value is -0.590. The molecule has 3 rings (SSSR count). The SMILES string of the molecule is Cc1cc(C(=O)N2CC3CCC2C3)cc(S(=O)(=O)Cl)c1Br. The van der Waals surface area contributed by atoms with Gasteiger partial charge >= 0.3 is 0 Å². The molecule has 0 radical (unpaired) electrons. The molecule has 2 aliphatic rings. The van der Waals surface area contributed by atoms with Crippen molar-refractivity contribution < 1.29 is 13.2 Å². The largest absolute Gasteiger partial charge is 0.335 e. The van der Waals surface area contributed by atoms with E-state index < -0.39 is 9.05 Å². The number of fused-ring (bicyclic) bond motifs is 2. The summed E-state index contributed by atoms with van der Waals surface area (Å²) >= 11 is 3.23. The smallest absolute Gasteiger partial charge is 0.262 e. The minimum atomic E-state index is -3.89. The summed E-state index contributed by atoms with van der Waals surface area (Å²) in [6.07, 6.45) is 3.31. The fraction of sp³-hybridized carbons (Fsp3) is 0.500. The van der Waals surface area contributed by atoms with Gasteiger partial charge in [0.15, 0.2) is 0 Å². The Labute approximate surface area is 137 Å². The quantitative estimate of drug-likeness (QED) is 0.726. The van der Waals surface area contributed by atoms with Gasteiger partial charge in [-0.2, -0.15) is 0 Å². The summed E-state index contributed by atoms with van der Waals surface area (Å²) in [5, 5.41) is 0. The summed E-state index contributed by atoms with van der Waals surface area (Å²) in [4.78, 5) is 14.5. The Morgan fingerprint density at radius 2 is 2.10 bits per heavy atom. The van der Waals surface area contributed by atoms with Crippen molar-refractivity contribution in [3.63, 3.8) is 0 Å². The van der Waals surface area contributed by atoms with E-state index in [-0.39, 0.29) is 10.8 Å². The van der Waals surface area contributed by atoms with Gasteiger partial charge in [-0.25, -0.2) is 8.42 Å². The molecule has 114 valence electrons. The number of carbonyl (C=O) groups excluding carboxylic acids is 1. The van der Waals surface area contributed by atoms with Crippen LogP contribution in [0.3, 0.4) is 0 Å². The van der Waals surface area contributed by atoms with Crippen LogP contribution in [0.15, 0.2) is 21.5 Å². The number of benzene rings is 1. The lowest BCUT2D eigenvalue weighted by Crippen LogP contribution is -2.37. The predicted octanol–water partition coefficient (Wildman–Crippen LogP) is 3.31. The molecular weight excluding hydrogens is 378 g/mol. The highest BCUT2D eigenvalue weighted by atomic mass is 79.9. The average Bonchev–Trinajstić information content (AvgIpc) is 3.01. The second kappa shape index (κ2) is 5.25. The first-order chi connectivity index (χ1) is 9.77. The standard InChI is InChI=1S/C14H15BrClNO3S/c1-8-4-10(6-12(13(8)15)21(16,19)20)14(18)17-7-9-2-3-11(17)5-9/h4,6,9,11H,2-3,5,7H2,1H3. The summed E-state index contributed by atoms with van der Waals surface area (Å²) in [6.45, 7) is 2.53. The van der Waals surface area contributed by atoms with Crippen LogP contribution in [-0.2, 0) is 9.05 Å². The first kappa shape index (κ1) is 15.3. The molecular formula is C14H15BrClNO3S. The van der Waals surface area contributed by atoms with E-state index in [4.69, 9.17) is 10.7 Å². The van der Waals surface area contributed by atoms with Gasteiger partial charge in [0.05, 0.1) is 4.90 Å². The molecule has 1 aliphatic heterocycles. The van der Waals surface area contributed by atoms with Crippen LogP contribution in [0.5, 0.6) is 0 Å². The molecule has 0 aromatic heterocycles. The number of piperidine rings is 1. The van der Waals surface area contributed by atoms with Gasteiger partial charge in [0.25, 0.3) is 15.0 Å². The molecule has 2 bridgehead atoms. The number of aryl methyl sites for hydroxylation is 1. The number of hydrogen-bond acceptors (Lipinski definition) is 3.